The van der Waals surface area contributed by atoms with Gasteiger partial charge >= 0.3 is 0 Å². The summed E-state index contributed by atoms with van der Waals surface area (Å²) in [5, 5.41) is 1.25. The van der Waals surface area contributed by atoms with Crippen molar-refractivity contribution < 1.29 is 18.0 Å². The van der Waals surface area contributed by atoms with Gasteiger partial charge < -0.3 is 10.2 Å². The van der Waals surface area contributed by atoms with Gasteiger partial charge in [0.05, 0.1) is 10.7 Å². The molecule has 6 nitrogen and oxygen atoms in total. The summed E-state index contributed by atoms with van der Waals surface area (Å²) in [6.45, 7) is 0.243. The van der Waals surface area contributed by atoms with E-state index >= 15 is 0 Å². The minimum Gasteiger partial charge on any atom is -0.450 e. The molecule has 0 aliphatic carbocycles. The maximum absolute atomic E-state index is 12.9. The fourth-order valence-electron chi connectivity index (χ4n) is 3.27. The van der Waals surface area contributed by atoms with Gasteiger partial charge in [0.15, 0.2) is 5.76 Å². The van der Waals surface area contributed by atoms with Gasteiger partial charge in [-0.2, -0.15) is 0 Å². The van der Waals surface area contributed by atoms with Gasteiger partial charge in [-0.25, -0.2) is 8.93 Å². The van der Waals surface area contributed by atoms with E-state index in [1.165, 1.54) is 12.1 Å². The van der Waals surface area contributed by atoms with Crippen LogP contribution in [0, 0.1) is 0 Å². The van der Waals surface area contributed by atoms with Gasteiger partial charge in [0, 0.05) is 22.5 Å². The Bertz CT molecular complexity index is 1340. The van der Waals surface area contributed by atoms with Gasteiger partial charge in [-0.05, 0) is 53.1 Å². The van der Waals surface area contributed by atoms with Gasteiger partial charge in [0.2, 0.25) is 17.0 Å². The van der Waals surface area contributed by atoms with E-state index in [0.29, 0.717) is 16.0 Å². The summed E-state index contributed by atoms with van der Waals surface area (Å²) < 4.78 is 28.0. The second kappa shape index (κ2) is 8.82. The van der Waals surface area contributed by atoms with Gasteiger partial charge in [-0.1, -0.05) is 47.5 Å². The zero-order valence-electron chi connectivity index (χ0n) is 15.9. The fraction of sp³-hybridized carbons (Fsp3) is 0.0455. The van der Waals surface area contributed by atoms with Crippen LogP contribution in [0.5, 0.6) is 0 Å². The molecule has 0 aliphatic heterocycles. The maximum atomic E-state index is 12.9. The highest BCUT2D eigenvalue weighted by atomic mass is 35.5. The molecule has 0 amide bonds. The molecule has 0 bridgehead atoms. The van der Waals surface area contributed by atoms with E-state index in [1.807, 2.05) is 30.3 Å². The van der Waals surface area contributed by atoms with Crippen molar-refractivity contribution in [2.75, 3.05) is 5.73 Å². The fourth-order valence-corrected chi connectivity index (χ4v) is 4.05. The third kappa shape index (κ3) is 4.51. The number of benzene rings is 3. The zero-order valence-corrected chi connectivity index (χ0v) is 18.2. The van der Waals surface area contributed by atoms with Crippen LogP contribution >= 0.6 is 23.2 Å². The summed E-state index contributed by atoms with van der Waals surface area (Å²) in [7, 11) is 0. The van der Waals surface area contributed by atoms with E-state index in [2.05, 4.69) is 4.72 Å². The summed E-state index contributed by atoms with van der Waals surface area (Å²) in [5.74, 6) is -0.415. The Kier molecular flexibility index (Phi) is 6.13. The molecule has 4 aromatic rings. The average Bonchev–Trinajstić information content (AvgIpc) is 3.08. The number of carbonyl (C=O) groups excluding carboxylic acids is 1. The lowest BCUT2D eigenvalue weighted by atomic mass is 10.0. The van der Waals surface area contributed by atoms with E-state index < -0.39 is 17.0 Å². The second-order valence-electron chi connectivity index (χ2n) is 6.78. The number of carbonyl (C=O) groups is 1. The van der Waals surface area contributed by atoms with Gasteiger partial charge in [0.1, 0.15) is 5.58 Å². The van der Waals surface area contributed by atoms with Crippen molar-refractivity contribution in [3.05, 3.63) is 87.6 Å². The quantitative estimate of drug-likeness (QED) is 0.254. The normalized spacial score (nSPS) is 12.2. The number of anilines is 1. The van der Waals surface area contributed by atoms with Crippen molar-refractivity contribution in [3.8, 4) is 11.1 Å². The van der Waals surface area contributed by atoms with E-state index in [1.54, 1.807) is 18.2 Å². The lowest BCUT2D eigenvalue weighted by molar-refractivity contribution is 0.101. The Balaban J connectivity index is 1.70. The van der Waals surface area contributed by atoms with Crippen LogP contribution in [-0.4, -0.2) is 14.5 Å². The summed E-state index contributed by atoms with van der Waals surface area (Å²) >= 11 is 9.99. The van der Waals surface area contributed by atoms with E-state index in [0.717, 1.165) is 16.7 Å². The van der Waals surface area contributed by atoms with Crippen molar-refractivity contribution in [3.63, 3.8) is 0 Å². The Morgan fingerprint density at radius 3 is 2.58 bits per heavy atom. The molecule has 3 aromatic carbocycles. The molecule has 4 N–H and O–H groups in total. The van der Waals surface area contributed by atoms with Crippen LogP contribution in [0.25, 0.3) is 22.1 Å². The van der Waals surface area contributed by atoms with Crippen LogP contribution in [0.3, 0.4) is 0 Å². The molecule has 1 unspecified atom stereocenters. The molecule has 158 valence electrons. The van der Waals surface area contributed by atoms with Crippen molar-refractivity contribution in [1.29, 1.82) is 0 Å². The van der Waals surface area contributed by atoms with Crippen molar-refractivity contribution in [2.24, 2.45) is 0 Å². The Morgan fingerprint density at radius 1 is 1.06 bits per heavy atom. The molecule has 31 heavy (non-hydrogen) atoms. The predicted octanol–water partition coefficient (Wildman–Crippen LogP) is 5.45. The minimum absolute atomic E-state index is 0.0137. The number of halogens is 2. The maximum Gasteiger partial charge on any atom is 0.232 e. The first-order valence-corrected chi connectivity index (χ1v) is 10.9. The summed E-state index contributed by atoms with van der Waals surface area (Å²) in [5.41, 5.74) is 9.71. The molecule has 0 saturated carbocycles. The molecule has 1 heterocycles. The number of furan rings is 1. The predicted molar refractivity (Wildman–Crippen MR) is 124 cm³/mol. The molecule has 0 fully saturated rings. The lowest BCUT2D eigenvalue weighted by Crippen LogP contribution is -2.15. The number of rotatable bonds is 6. The van der Waals surface area contributed by atoms with Crippen LogP contribution in [0.15, 0.2) is 65.1 Å². The average molecular weight is 475 g/mol. The molecule has 9 heteroatoms. The highest BCUT2D eigenvalue weighted by Gasteiger charge is 2.22. The van der Waals surface area contributed by atoms with E-state index in [-0.39, 0.29) is 28.6 Å². The molecule has 4 rings (SSSR count). The van der Waals surface area contributed by atoms with Crippen molar-refractivity contribution in [1.82, 2.24) is 4.72 Å². The third-order valence-electron chi connectivity index (χ3n) is 4.77. The summed E-state index contributed by atoms with van der Waals surface area (Å²) in [6, 6.07) is 17.6. The topological polar surface area (TPSA) is 106 Å². The first kappa shape index (κ1) is 21.5. The van der Waals surface area contributed by atoms with Gasteiger partial charge in [-0.3, -0.25) is 9.35 Å². The number of nitrogen functional groups attached to an aromatic ring is 1. The van der Waals surface area contributed by atoms with Crippen molar-refractivity contribution in [2.45, 2.75) is 6.54 Å². The highest BCUT2D eigenvalue weighted by molar-refractivity contribution is 7.77. The number of hydrogen-bond acceptors (Lipinski definition) is 4. The van der Waals surface area contributed by atoms with Crippen LogP contribution in [0.4, 0.5) is 5.69 Å². The molecule has 0 radical (unpaired) electrons. The van der Waals surface area contributed by atoms with Gasteiger partial charge in [0.25, 0.3) is 0 Å². The number of hydrogen-bond donors (Lipinski definition) is 3. The second-order valence-corrected chi connectivity index (χ2v) is 8.41. The Labute approximate surface area is 190 Å². The Hall–Kier alpha value is -2.68. The largest absolute Gasteiger partial charge is 0.450 e. The van der Waals surface area contributed by atoms with E-state index in [4.69, 9.17) is 37.9 Å². The van der Waals surface area contributed by atoms with Crippen LogP contribution in [0.2, 0.25) is 10.0 Å². The third-order valence-corrected chi connectivity index (χ3v) is 5.71. The number of nitrogens with two attached hydrogens (primary N) is 1. The highest BCUT2D eigenvalue weighted by Crippen LogP contribution is 2.34. The number of fused-ring (bicyclic) bond motifs is 1. The standard InChI is InChI=1S/C22H16Cl2N2O4S/c23-15-5-7-16(18(24)10-15)21(27)22-20(25)17-6-4-14(9-19(17)30-22)13-3-1-2-12(8-13)11-26-31(28)29/h1-10,26H,11,25H2,(H,28,29). The van der Waals surface area contributed by atoms with Gasteiger partial charge in [-0.15, -0.1) is 0 Å². The summed E-state index contributed by atoms with van der Waals surface area (Å²) in [4.78, 5) is 12.9. The lowest BCUT2D eigenvalue weighted by Gasteiger charge is -2.05. The SMILES string of the molecule is Nc1c(C(=O)c2ccc(Cl)cc2Cl)oc2cc(-c3cccc(CNS(=O)O)c3)ccc12. The van der Waals surface area contributed by atoms with Crippen LogP contribution in [0.1, 0.15) is 21.7 Å². The zero-order chi connectivity index (χ0) is 22.1. The first-order chi connectivity index (χ1) is 14.8. The molecular formula is C22H16Cl2N2O4S. The smallest absolute Gasteiger partial charge is 0.232 e. The number of ketones is 1. The molecule has 1 aromatic heterocycles. The van der Waals surface area contributed by atoms with Crippen LogP contribution in [-0.2, 0) is 17.8 Å². The monoisotopic (exact) mass is 474 g/mol. The molecular weight excluding hydrogens is 459 g/mol. The van der Waals surface area contributed by atoms with Crippen LogP contribution < -0.4 is 10.5 Å². The number of nitrogens with one attached hydrogen (secondary N) is 1. The molecule has 1 atom stereocenters. The molecule has 0 aliphatic rings. The summed E-state index contributed by atoms with van der Waals surface area (Å²) in [6.07, 6.45) is 0. The van der Waals surface area contributed by atoms with Crippen molar-refractivity contribution >= 4 is 56.9 Å². The minimum atomic E-state index is -2.09. The molecule has 0 spiro atoms. The van der Waals surface area contributed by atoms with E-state index in [9.17, 15) is 9.00 Å². The molecule has 0 saturated heterocycles. The Morgan fingerprint density at radius 2 is 1.84 bits per heavy atom. The first-order valence-electron chi connectivity index (χ1n) is 9.09.